The summed E-state index contributed by atoms with van der Waals surface area (Å²) >= 11 is 0. The number of aromatic nitrogens is 4. The Balaban J connectivity index is 0.00000385. The van der Waals surface area contributed by atoms with Crippen molar-refractivity contribution >= 4 is 11.8 Å². The number of carbonyl (C=O) groups excluding carboxylic acids is 2. The maximum atomic E-state index is 13.0. The molecule has 0 spiro atoms. The fourth-order valence-electron chi connectivity index (χ4n) is 2.94. The number of hydrogen-bond donors (Lipinski definition) is 2. The molecule has 3 rings (SSSR count). The number of halogens is 1. The minimum absolute atomic E-state index is 0. The average Bonchev–Trinajstić information content (AvgIpc) is 3.17. The van der Waals surface area contributed by atoms with E-state index in [1.165, 1.54) is 52.1 Å². The van der Waals surface area contributed by atoms with Gasteiger partial charge in [0.05, 0.1) is 5.54 Å². The number of carbonyl (C=O) groups is 2. The van der Waals surface area contributed by atoms with Crippen LogP contribution in [0, 0.1) is 12.7 Å². The van der Waals surface area contributed by atoms with Crippen molar-refractivity contribution in [1.29, 1.82) is 0 Å². The zero-order chi connectivity index (χ0) is 23.6. The summed E-state index contributed by atoms with van der Waals surface area (Å²) in [5.74, 6) is -3.28. The van der Waals surface area contributed by atoms with Crippen molar-refractivity contribution in [3.05, 3.63) is 69.3 Å². The van der Waals surface area contributed by atoms with Gasteiger partial charge in [0.2, 0.25) is 11.4 Å². The van der Waals surface area contributed by atoms with Crippen LogP contribution in [0.2, 0.25) is 0 Å². The number of nitrogens with zero attached hydrogens (tertiary/aromatic N) is 4. The Morgan fingerprint density at radius 2 is 1.82 bits per heavy atom. The van der Waals surface area contributed by atoms with Crippen LogP contribution in [0.25, 0.3) is 0 Å². The van der Waals surface area contributed by atoms with Crippen molar-refractivity contribution < 1.29 is 42.4 Å². The van der Waals surface area contributed by atoms with Crippen molar-refractivity contribution in [1.82, 2.24) is 30.4 Å². The van der Waals surface area contributed by atoms with Gasteiger partial charge in [0.1, 0.15) is 17.3 Å². The molecular formula is C20H20FLiN6O5. The molecule has 2 aromatic heterocycles. The SMILES string of the molecule is Cc1nnc(C(=O)NC(C)(C)c2nc(C(=O)NCc3ccc(F)cc3)c([O-])c(=O)n2C)o1.[Li+]. The van der Waals surface area contributed by atoms with Crippen molar-refractivity contribution in [2.24, 2.45) is 7.05 Å². The van der Waals surface area contributed by atoms with Gasteiger partial charge in [0.15, 0.2) is 0 Å². The summed E-state index contributed by atoms with van der Waals surface area (Å²) in [5.41, 5.74) is -2.33. The Bertz CT molecular complexity index is 1240. The van der Waals surface area contributed by atoms with Crippen LogP contribution in [-0.2, 0) is 19.1 Å². The molecule has 0 aliphatic carbocycles. The molecule has 2 N–H and O–H groups in total. The van der Waals surface area contributed by atoms with E-state index >= 15 is 0 Å². The van der Waals surface area contributed by atoms with E-state index in [4.69, 9.17) is 4.42 Å². The Kier molecular flexibility index (Phi) is 7.79. The van der Waals surface area contributed by atoms with Gasteiger partial charge >= 0.3 is 30.7 Å². The molecule has 0 unspecified atom stereocenters. The monoisotopic (exact) mass is 450 g/mol. The normalized spacial score (nSPS) is 10.9. The minimum atomic E-state index is -1.30. The third kappa shape index (κ3) is 5.66. The zero-order valence-corrected chi connectivity index (χ0v) is 18.7. The Hall–Kier alpha value is -3.49. The Morgan fingerprint density at radius 1 is 1.18 bits per heavy atom. The van der Waals surface area contributed by atoms with Gasteiger partial charge in [-0.15, -0.1) is 10.2 Å². The molecule has 0 saturated carbocycles. The first kappa shape index (κ1) is 25.8. The van der Waals surface area contributed by atoms with Gasteiger partial charge in [-0.25, -0.2) is 9.37 Å². The molecule has 0 fully saturated rings. The molecule has 2 amide bonds. The summed E-state index contributed by atoms with van der Waals surface area (Å²) < 4.78 is 19.1. The fourth-order valence-corrected chi connectivity index (χ4v) is 2.94. The molecule has 0 saturated heterocycles. The molecule has 0 aliphatic heterocycles. The van der Waals surface area contributed by atoms with E-state index in [2.05, 4.69) is 25.8 Å². The van der Waals surface area contributed by atoms with E-state index in [1.807, 2.05) is 0 Å². The second-order valence-electron chi connectivity index (χ2n) is 7.49. The zero-order valence-electron chi connectivity index (χ0n) is 18.7. The fraction of sp³-hybridized carbons (Fsp3) is 0.300. The summed E-state index contributed by atoms with van der Waals surface area (Å²) in [6.07, 6.45) is 0. The molecule has 1 aromatic carbocycles. The van der Waals surface area contributed by atoms with E-state index in [-0.39, 0.29) is 43.0 Å². The topological polar surface area (TPSA) is 155 Å². The molecule has 33 heavy (non-hydrogen) atoms. The first-order chi connectivity index (χ1) is 15.0. The van der Waals surface area contributed by atoms with Crippen molar-refractivity contribution in [2.45, 2.75) is 32.9 Å². The van der Waals surface area contributed by atoms with E-state index in [9.17, 15) is 23.9 Å². The summed E-state index contributed by atoms with van der Waals surface area (Å²) in [5, 5.41) is 24.7. The number of hydrogen-bond acceptors (Lipinski definition) is 8. The Morgan fingerprint density at radius 3 is 2.39 bits per heavy atom. The summed E-state index contributed by atoms with van der Waals surface area (Å²) in [7, 11) is 1.30. The van der Waals surface area contributed by atoms with Crippen LogP contribution < -0.4 is 40.2 Å². The smallest absolute Gasteiger partial charge is 0.867 e. The number of nitrogens with one attached hydrogen (secondary N) is 2. The molecule has 0 atom stereocenters. The average molecular weight is 450 g/mol. The van der Waals surface area contributed by atoms with Gasteiger partial charge in [0, 0.05) is 20.5 Å². The van der Waals surface area contributed by atoms with Crippen LogP contribution >= 0.6 is 0 Å². The van der Waals surface area contributed by atoms with E-state index < -0.39 is 40.2 Å². The molecule has 0 radical (unpaired) electrons. The molecular weight excluding hydrogens is 430 g/mol. The first-order valence-corrected chi connectivity index (χ1v) is 9.43. The number of rotatable bonds is 6. The van der Waals surface area contributed by atoms with Crippen molar-refractivity contribution in [3.63, 3.8) is 0 Å². The standard InChI is InChI=1S/C20H21FN6O5.Li/c1-10-25-26-17(32-10)16(30)24-20(2,3)19-23-13(14(28)18(31)27(19)4)15(29)22-9-11-5-7-12(21)8-6-11;/h5-8,28H,9H2,1-4H3,(H,22,29)(H,24,30);/q;+1/p-1. The van der Waals surface area contributed by atoms with Crippen LogP contribution in [0.1, 0.15) is 52.3 Å². The second kappa shape index (κ2) is 9.97. The molecule has 3 aromatic rings. The maximum absolute atomic E-state index is 13.0. The molecule has 13 heteroatoms. The van der Waals surface area contributed by atoms with Crippen LogP contribution in [-0.4, -0.2) is 31.6 Å². The molecule has 0 aliphatic rings. The van der Waals surface area contributed by atoms with Crippen LogP contribution in [0.3, 0.4) is 0 Å². The Labute approximate surface area is 199 Å². The van der Waals surface area contributed by atoms with Gasteiger partial charge in [-0.3, -0.25) is 19.0 Å². The van der Waals surface area contributed by atoms with Gasteiger partial charge in [-0.05, 0) is 37.3 Å². The molecule has 11 nitrogen and oxygen atoms in total. The van der Waals surface area contributed by atoms with Gasteiger partial charge in [-0.2, -0.15) is 0 Å². The van der Waals surface area contributed by atoms with Crippen molar-refractivity contribution in [2.75, 3.05) is 0 Å². The summed E-state index contributed by atoms with van der Waals surface area (Å²) in [6, 6.07) is 5.39. The summed E-state index contributed by atoms with van der Waals surface area (Å²) in [6.45, 7) is 4.56. The third-order valence-electron chi connectivity index (χ3n) is 4.54. The first-order valence-electron chi connectivity index (χ1n) is 9.43. The third-order valence-corrected chi connectivity index (χ3v) is 4.54. The number of amides is 2. The van der Waals surface area contributed by atoms with Crippen LogP contribution in [0.15, 0.2) is 33.5 Å². The van der Waals surface area contributed by atoms with Gasteiger partial charge in [0.25, 0.3) is 5.91 Å². The van der Waals surface area contributed by atoms with Gasteiger partial charge < -0.3 is 20.2 Å². The quantitative estimate of drug-likeness (QED) is 0.384. The van der Waals surface area contributed by atoms with Gasteiger partial charge in [-0.1, -0.05) is 12.1 Å². The van der Waals surface area contributed by atoms with E-state index in [0.717, 1.165) is 4.57 Å². The predicted octanol–water partition coefficient (Wildman–Crippen LogP) is -2.72. The largest absolute Gasteiger partial charge is 1.00 e. The van der Waals surface area contributed by atoms with Crippen LogP contribution in [0.5, 0.6) is 5.75 Å². The van der Waals surface area contributed by atoms with E-state index in [0.29, 0.717) is 5.56 Å². The van der Waals surface area contributed by atoms with Crippen LogP contribution in [0.4, 0.5) is 4.39 Å². The maximum Gasteiger partial charge on any atom is 1.00 e. The molecule has 168 valence electrons. The number of benzene rings is 1. The molecule has 2 heterocycles. The number of aryl methyl sites for hydroxylation is 1. The van der Waals surface area contributed by atoms with E-state index in [1.54, 1.807) is 0 Å². The predicted molar refractivity (Wildman–Crippen MR) is 106 cm³/mol. The second-order valence-corrected chi connectivity index (χ2v) is 7.49. The summed E-state index contributed by atoms with van der Waals surface area (Å²) in [4.78, 5) is 41.5. The molecule has 0 bridgehead atoms. The van der Waals surface area contributed by atoms with Crippen molar-refractivity contribution in [3.8, 4) is 5.75 Å². The minimum Gasteiger partial charge on any atom is -0.867 e.